The van der Waals surface area contributed by atoms with Gasteiger partial charge in [0.2, 0.25) is 0 Å². The molecule has 6 heteroatoms. The molecule has 0 aliphatic heterocycles. The second-order valence-electron chi connectivity index (χ2n) is 6.78. The van der Waals surface area contributed by atoms with E-state index in [1.54, 1.807) is 6.92 Å². The average Bonchev–Trinajstić information content (AvgIpc) is 3.17. The number of hydrogen-bond acceptors (Lipinski definition) is 4. The van der Waals surface area contributed by atoms with Crippen LogP contribution in [0.25, 0.3) is 10.4 Å². The maximum atomic E-state index is 12.5. The summed E-state index contributed by atoms with van der Waals surface area (Å²) in [5.41, 5.74) is 3.75. The highest BCUT2D eigenvalue weighted by Crippen LogP contribution is 2.36. The molecule has 0 saturated carbocycles. The number of thiophene rings is 1. The zero-order valence-electron chi connectivity index (χ0n) is 17.2. The van der Waals surface area contributed by atoms with E-state index in [0.717, 1.165) is 35.4 Å². The zero-order valence-corrected chi connectivity index (χ0v) is 18.9. The predicted octanol–water partition coefficient (Wildman–Crippen LogP) is 6.74. The molecule has 2 aromatic carbocycles. The van der Waals surface area contributed by atoms with Gasteiger partial charge in [-0.3, -0.25) is 0 Å². The molecule has 1 heterocycles. The minimum Gasteiger partial charge on any atom is -0.462 e. The summed E-state index contributed by atoms with van der Waals surface area (Å²) >= 11 is 7.04. The highest BCUT2D eigenvalue weighted by molar-refractivity contribution is 7.80. The Bertz CT molecular complexity index is 999. The van der Waals surface area contributed by atoms with Crippen molar-refractivity contribution in [2.45, 2.75) is 33.1 Å². The number of para-hydroxylation sites is 1. The van der Waals surface area contributed by atoms with Crippen LogP contribution in [-0.2, 0) is 11.2 Å². The summed E-state index contributed by atoms with van der Waals surface area (Å²) in [5, 5.41) is 7.63. The van der Waals surface area contributed by atoms with Crippen LogP contribution in [0, 0.1) is 0 Å². The predicted molar refractivity (Wildman–Crippen MR) is 131 cm³/mol. The zero-order chi connectivity index (χ0) is 21.3. The third kappa shape index (κ3) is 5.68. The van der Waals surface area contributed by atoms with Crippen molar-refractivity contribution in [2.24, 2.45) is 0 Å². The molecule has 0 saturated heterocycles. The molecule has 0 spiro atoms. The molecule has 2 N–H and O–H groups in total. The number of ether oxygens (including phenoxy) is 1. The van der Waals surface area contributed by atoms with Crippen molar-refractivity contribution in [1.29, 1.82) is 0 Å². The molecule has 0 bridgehead atoms. The summed E-state index contributed by atoms with van der Waals surface area (Å²) in [4.78, 5) is 13.5. The highest BCUT2D eigenvalue weighted by atomic mass is 32.1. The SMILES string of the molecule is CCCCc1ccccc1NC(=S)Nc1sc(-c2ccccc2)cc1C(=O)OCC. The Hall–Kier alpha value is -2.70. The number of thiocarbonyl (C=S) groups is 1. The number of nitrogens with one attached hydrogen (secondary N) is 2. The van der Waals surface area contributed by atoms with Crippen LogP contribution >= 0.6 is 23.6 Å². The fourth-order valence-corrected chi connectivity index (χ4v) is 4.41. The first kappa shape index (κ1) is 22.0. The quantitative estimate of drug-likeness (QED) is 0.301. The van der Waals surface area contributed by atoms with Crippen molar-refractivity contribution < 1.29 is 9.53 Å². The van der Waals surface area contributed by atoms with Crippen molar-refractivity contribution >= 4 is 45.3 Å². The normalized spacial score (nSPS) is 10.5. The number of rotatable bonds is 8. The minimum atomic E-state index is -0.357. The lowest BCUT2D eigenvalue weighted by molar-refractivity contribution is 0.0528. The molecule has 0 aliphatic rings. The molecule has 156 valence electrons. The number of hydrogen-bond donors (Lipinski definition) is 2. The van der Waals surface area contributed by atoms with Crippen LogP contribution in [0.2, 0.25) is 0 Å². The van der Waals surface area contributed by atoms with Gasteiger partial charge in [-0.2, -0.15) is 0 Å². The van der Waals surface area contributed by atoms with Crippen LogP contribution < -0.4 is 10.6 Å². The smallest absolute Gasteiger partial charge is 0.341 e. The molecule has 1 aromatic heterocycles. The van der Waals surface area contributed by atoms with E-state index in [2.05, 4.69) is 23.6 Å². The summed E-state index contributed by atoms with van der Waals surface area (Å²) < 4.78 is 5.25. The number of aryl methyl sites for hydroxylation is 1. The van der Waals surface area contributed by atoms with Crippen molar-refractivity contribution in [3.05, 3.63) is 71.8 Å². The van der Waals surface area contributed by atoms with E-state index in [-0.39, 0.29) is 5.97 Å². The van der Waals surface area contributed by atoms with E-state index in [1.165, 1.54) is 16.9 Å². The third-order valence-electron chi connectivity index (χ3n) is 4.58. The topological polar surface area (TPSA) is 50.4 Å². The highest BCUT2D eigenvalue weighted by Gasteiger charge is 2.19. The van der Waals surface area contributed by atoms with E-state index < -0.39 is 0 Å². The molecule has 0 unspecified atom stereocenters. The van der Waals surface area contributed by atoms with E-state index in [4.69, 9.17) is 17.0 Å². The minimum absolute atomic E-state index is 0.322. The van der Waals surface area contributed by atoms with Crippen LogP contribution in [0.4, 0.5) is 10.7 Å². The largest absolute Gasteiger partial charge is 0.462 e. The Balaban J connectivity index is 1.82. The van der Waals surface area contributed by atoms with E-state index in [1.807, 2.05) is 54.6 Å². The van der Waals surface area contributed by atoms with Gasteiger partial charge in [-0.1, -0.05) is 61.9 Å². The van der Waals surface area contributed by atoms with Crippen molar-refractivity contribution in [2.75, 3.05) is 17.2 Å². The lowest BCUT2D eigenvalue weighted by Gasteiger charge is -2.14. The lowest BCUT2D eigenvalue weighted by Crippen LogP contribution is -2.20. The van der Waals surface area contributed by atoms with E-state index >= 15 is 0 Å². The molecule has 3 rings (SSSR count). The third-order valence-corrected chi connectivity index (χ3v) is 5.88. The maximum Gasteiger partial charge on any atom is 0.341 e. The average molecular weight is 439 g/mol. The lowest BCUT2D eigenvalue weighted by atomic mass is 10.1. The number of carbonyl (C=O) groups excluding carboxylic acids is 1. The van der Waals surface area contributed by atoms with Crippen molar-refractivity contribution in [3.8, 4) is 10.4 Å². The van der Waals surface area contributed by atoms with Crippen LogP contribution in [0.1, 0.15) is 42.6 Å². The summed E-state index contributed by atoms with van der Waals surface area (Å²) in [6.45, 7) is 4.30. The number of carbonyl (C=O) groups is 1. The summed E-state index contributed by atoms with van der Waals surface area (Å²) in [6.07, 6.45) is 3.25. The van der Waals surface area contributed by atoms with Gasteiger partial charge < -0.3 is 15.4 Å². The van der Waals surface area contributed by atoms with E-state index in [0.29, 0.717) is 22.3 Å². The molecule has 0 aliphatic carbocycles. The van der Waals surface area contributed by atoms with Gasteiger partial charge in [-0.05, 0) is 55.2 Å². The Morgan fingerprint density at radius 3 is 2.50 bits per heavy atom. The monoisotopic (exact) mass is 438 g/mol. The summed E-state index contributed by atoms with van der Waals surface area (Å²) in [7, 11) is 0. The second-order valence-corrected chi connectivity index (χ2v) is 8.24. The van der Waals surface area contributed by atoms with Crippen molar-refractivity contribution in [1.82, 2.24) is 0 Å². The fraction of sp³-hybridized carbons (Fsp3) is 0.250. The summed E-state index contributed by atoms with van der Waals surface area (Å²) in [6, 6.07) is 20.0. The Morgan fingerprint density at radius 1 is 1.03 bits per heavy atom. The first-order chi connectivity index (χ1) is 14.6. The number of unbranched alkanes of at least 4 members (excludes halogenated alkanes) is 1. The molecular formula is C24H26N2O2S2. The molecule has 3 aromatic rings. The van der Waals surface area contributed by atoms with E-state index in [9.17, 15) is 4.79 Å². The molecule has 0 atom stereocenters. The Morgan fingerprint density at radius 2 is 1.77 bits per heavy atom. The van der Waals surface area contributed by atoms with Gasteiger partial charge in [0.25, 0.3) is 0 Å². The molecular weight excluding hydrogens is 412 g/mol. The van der Waals surface area contributed by atoms with Gasteiger partial charge in [0.15, 0.2) is 5.11 Å². The van der Waals surface area contributed by atoms with Gasteiger partial charge >= 0.3 is 5.97 Å². The van der Waals surface area contributed by atoms with Gasteiger partial charge in [0.05, 0.1) is 12.2 Å². The van der Waals surface area contributed by atoms with Gasteiger partial charge in [0.1, 0.15) is 5.00 Å². The van der Waals surface area contributed by atoms with Crippen LogP contribution in [0.3, 0.4) is 0 Å². The Labute approximate surface area is 187 Å². The number of anilines is 2. The molecule has 0 radical (unpaired) electrons. The van der Waals surface area contributed by atoms with Crippen LogP contribution in [0.5, 0.6) is 0 Å². The van der Waals surface area contributed by atoms with Crippen LogP contribution in [-0.4, -0.2) is 17.7 Å². The van der Waals surface area contributed by atoms with Gasteiger partial charge in [-0.15, -0.1) is 11.3 Å². The first-order valence-electron chi connectivity index (χ1n) is 10.1. The Kier molecular flexibility index (Phi) is 7.99. The summed E-state index contributed by atoms with van der Waals surface area (Å²) in [5.74, 6) is -0.357. The standard InChI is InChI=1S/C24H26N2O2S2/c1-3-5-11-17-12-9-10-15-20(17)25-24(29)26-22-19(23(27)28-4-2)16-21(30-22)18-13-7-6-8-14-18/h6-10,12-16H,3-5,11H2,1-2H3,(H2,25,26,29). The number of esters is 1. The number of benzene rings is 2. The van der Waals surface area contributed by atoms with Crippen LogP contribution in [0.15, 0.2) is 60.7 Å². The van der Waals surface area contributed by atoms with Crippen molar-refractivity contribution in [3.63, 3.8) is 0 Å². The van der Waals surface area contributed by atoms with Gasteiger partial charge in [-0.25, -0.2) is 4.79 Å². The van der Waals surface area contributed by atoms with Gasteiger partial charge in [0, 0.05) is 10.6 Å². The molecule has 4 nitrogen and oxygen atoms in total. The second kappa shape index (κ2) is 10.9. The first-order valence-corrected chi connectivity index (χ1v) is 11.4. The molecule has 0 amide bonds. The molecule has 0 fully saturated rings. The molecule has 30 heavy (non-hydrogen) atoms. The fourth-order valence-electron chi connectivity index (χ4n) is 3.07. The maximum absolute atomic E-state index is 12.5.